The quantitative estimate of drug-likeness (QED) is 0.719. The molecule has 2 aromatic carbocycles. The highest BCUT2D eigenvalue weighted by molar-refractivity contribution is 5.94. The Kier molecular flexibility index (Phi) is 5.01. The van der Waals surface area contributed by atoms with E-state index in [1.165, 1.54) is 18.4 Å². The first-order chi connectivity index (χ1) is 13.2. The van der Waals surface area contributed by atoms with Crippen LogP contribution in [0.1, 0.15) is 59.0 Å². The highest BCUT2D eigenvalue weighted by Gasteiger charge is 2.23. The van der Waals surface area contributed by atoms with Gasteiger partial charge in [0.2, 0.25) is 11.7 Å². The normalized spacial score (nSPS) is 14.4. The van der Waals surface area contributed by atoms with Crippen LogP contribution in [0.3, 0.4) is 0 Å². The molecule has 138 valence electrons. The molecular formula is C22H23N3O2. The first-order valence-corrected chi connectivity index (χ1v) is 9.47. The van der Waals surface area contributed by atoms with Crippen LogP contribution in [-0.2, 0) is 6.54 Å². The van der Waals surface area contributed by atoms with E-state index in [9.17, 15) is 4.79 Å². The minimum absolute atomic E-state index is 0.0946. The van der Waals surface area contributed by atoms with Crippen molar-refractivity contribution >= 4 is 5.91 Å². The lowest BCUT2D eigenvalue weighted by Gasteiger charge is -2.06. The van der Waals surface area contributed by atoms with Gasteiger partial charge >= 0.3 is 0 Å². The van der Waals surface area contributed by atoms with Gasteiger partial charge in [-0.15, -0.1) is 0 Å². The second-order valence-electron chi connectivity index (χ2n) is 7.19. The van der Waals surface area contributed by atoms with Gasteiger partial charge in [-0.2, -0.15) is 4.98 Å². The number of hydrogen-bond acceptors (Lipinski definition) is 4. The van der Waals surface area contributed by atoms with Crippen LogP contribution in [-0.4, -0.2) is 16.0 Å². The number of benzene rings is 2. The van der Waals surface area contributed by atoms with E-state index in [1.807, 2.05) is 37.3 Å². The fraction of sp³-hybridized carbons (Fsp3) is 0.318. The van der Waals surface area contributed by atoms with Gasteiger partial charge in [-0.05, 0) is 37.5 Å². The van der Waals surface area contributed by atoms with Crippen molar-refractivity contribution in [1.82, 2.24) is 15.5 Å². The standard InChI is InChI=1S/C22H23N3O2/c1-15-5-4-6-16(13-15)14-23-21(26)18-11-9-17(10-12-18)20-24-22(27-25-20)19-7-2-3-8-19/h4-6,9-13,19H,2-3,7-8,14H2,1H3,(H,23,26). The molecule has 4 rings (SSSR count). The molecule has 0 unspecified atom stereocenters. The minimum Gasteiger partial charge on any atom is -0.348 e. The molecule has 0 spiro atoms. The van der Waals surface area contributed by atoms with Crippen LogP contribution in [0.25, 0.3) is 11.4 Å². The Morgan fingerprint density at radius 2 is 1.93 bits per heavy atom. The lowest BCUT2D eigenvalue weighted by Crippen LogP contribution is -2.22. The van der Waals surface area contributed by atoms with E-state index >= 15 is 0 Å². The number of rotatable bonds is 5. The van der Waals surface area contributed by atoms with Crippen molar-refractivity contribution in [3.8, 4) is 11.4 Å². The first kappa shape index (κ1) is 17.5. The highest BCUT2D eigenvalue weighted by atomic mass is 16.5. The molecule has 1 amide bonds. The Morgan fingerprint density at radius 1 is 1.15 bits per heavy atom. The van der Waals surface area contributed by atoms with Crippen molar-refractivity contribution in [3.63, 3.8) is 0 Å². The Bertz CT molecular complexity index is 925. The summed E-state index contributed by atoms with van der Waals surface area (Å²) in [7, 11) is 0. The second-order valence-corrected chi connectivity index (χ2v) is 7.19. The fourth-order valence-electron chi connectivity index (χ4n) is 3.57. The van der Waals surface area contributed by atoms with Crippen LogP contribution in [0.15, 0.2) is 53.1 Å². The predicted octanol–water partition coefficient (Wildman–Crippen LogP) is 4.63. The summed E-state index contributed by atoms with van der Waals surface area (Å²) in [5.74, 6) is 1.63. The summed E-state index contributed by atoms with van der Waals surface area (Å²) in [6, 6.07) is 15.4. The average molecular weight is 361 g/mol. The summed E-state index contributed by atoms with van der Waals surface area (Å²) < 4.78 is 5.44. The van der Waals surface area contributed by atoms with Crippen molar-refractivity contribution in [1.29, 1.82) is 0 Å². The maximum atomic E-state index is 12.4. The van der Waals surface area contributed by atoms with Crippen molar-refractivity contribution in [2.45, 2.75) is 45.1 Å². The largest absolute Gasteiger partial charge is 0.348 e. The van der Waals surface area contributed by atoms with Crippen molar-refractivity contribution in [2.75, 3.05) is 0 Å². The number of nitrogens with zero attached hydrogens (tertiary/aromatic N) is 2. The number of hydrogen-bond donors (Lipinski definition) is 1. The molecular weight excluding hydrogens is 338 g/mol. The molecule has 0 atom stereocenters. The Balaban J connectivity index is 1.40. The van der Waals surface area contributed by atoms with Crippen LogP contribution in [0.4, 0.5) is 0 Å². The topological polar surface area (TPSA) is 68.0 Å². The highest BCUT2D eigenvalue weighted by Crippen LogP contribution is 2.33. The fourth-order valence-corrected chi connectivity index (χ4v) is 3.57. The van der Waals surface area contributed by atoms with E-state index in [2.05, 4.69) is 21.5 Å². The number of aromatic nitrogens is 2. The summed E-state index contributed by atoms with van der Waals surface area (Å²) in [6.07, 6.45) is 4.72. The van der Waals surface area contributed by atoms with Gasteiger partial charge in [-0.25, -0.2) is 0 Å². The molecule has 1 fully saturated rings. The van der Waals surface area contributed by atoms with Gasteiger partial charge in [-0.3, -0.25) is 4.79 Å². The smallest absolute Gasteiger partial charge is 0.251 e. The molecule has 0 saturated heterocycles. The third-order valence-electron chi connectivity index (χ3n) is 5.09. The molecule has 1 aliphatic rings. The maximum absolute atomic E-state index is 12.4. The van der Waals surface area contributed by atoms with E-state index in [-0.39, 0.29) is 5.91 Å². The van der Waals surface area contributed by atoms with Crippen LogP contribution in [0.5, 0.6) is 0 Å². The van der Waals surface area contributed by atoms with Gasteiger partial charge in [0.1, 0.15) is 0 Å². The molecule has 27 heavy (non-hydrogen) atoms. The van der Waals surface area contributed by atoms with E-state index in [0.717, 1.165) is 29.9 Å². The third kappa shape index (κ3) is 4.08. The lowest BCUT2D eigenvalue weighted by molar-refractivity contribution is 0.0951. The van der Waals surface area contributed by atoms with E-state index < -0.39 is 0 Å². The number of aryl methyl sites for hydroxylation is 1. The number of carbonyl (C=O) groups is 1. The molecule has 0 bridgehead atoms. The molecule has 5 nitrogen and oxygen atoms in total. The lowest BCUT2D eigenvalue weighted by atomic mass is 10.1. The average Bonchev–Trinajstić information content (AvgIpc) is 3.38. The Morgan fingerprint density at radius 3 is 2.67 bits per heavy atom. The molecule has 1 aromatic heterocycles. The molecule has 1 N–H and O–H groups in total. The number of nitrogens with one attached hydrogen (secondary N) is 1. The van der Waals surface area contributed by atoms with Crippen LogP contribution in [0.2, 0.25) is 0 Å². The molecule has 5 heteroatoms. The van der Waals surface area contributed by atoms with Crippen molar-refractivity contribution in [3.05, 3.63) is 71.1 Å². The maximum Gasteiger partial charge on any atom is 0.251 e. The van der Waals surface area contributed by atoms with E-state index in [1.54, 1.807) is 12.1 Å². The summed E-state index contributed by atoms with van der Waals surface area (Å²) in [5.41, 5.74) is 3.75. The zero-order valence-corrected chi connectivity index (χ0v) is 15.4. The van der Waals surface area contributed by atoms with Gasteiger partial charge in [-0.1, -0.05) is 60.0 Å². The van der Waals surface area contributed by atoms with Crippen LogP contribution in [0, 0.1) is 6.92 Å². The number of amides is 1. The monoisotopic (exact) mass is 361 g/mol. The van der Waals surface area contributed by atoms with Gasteiger partial charge in [0, 0.05) is 23.6 Å². The molecule has 0 radical (unpaired) electrons. The summed E-state index contributed by atoms with van der Waals surface area (Å²) >= 11 is 0. The molecule has 0 aliphatic heterocycles. The number of carbonyl (C=O) groups excluding carboxylic acids is 1. The predicted molar refractivity (Wildman–Crippen MR) is 103 cm³/mol. The van der Waals surface area contributed by atoms with Gasteiger partial charge in [0.15, 0.2) is 0 Å². The molecule has 1 saturated carbocycles. The first-order valence-electron chi connectivity index (χ1n) is 9.47. The van der Waals surface area contributed by atoms with Crippen LogP contribution < -0.4 is 5.32 Å². The molecule has 1 aliphatic carbocycles. The zero-order chi connectivity index (χ0) is 18.6. The summed E-state index contributed by atoms with van der Waals surface area (Å²) in [4.78, 5) is 16.9. The van der Waals surface area contributed by atoms with Gasteiger partial charge in [0.25, 0.3) is 5.91 Å². The van der Waals surface area contributed by atoms with Gasteiger partial charge in [0.05, 0.1) is 0 Å². The van der Waals surface area contributed by atoms with Crippen molar-refractivity contribution < 1.29 is 9.32 Å². The van der Waals surface area contributed by atoms with E-state index in [0.29, 0.717) is 23.9 Å². The second kappa shape index (κ2) is 7.74. The van der Waals surface area contributed by atoms with Crippen LogP contribution >= 0.6 is 0 Å². The third-order valence-corrected chi connectivity index (χ3v) is 5.09. The Hall–Kier alpha value is -2.95. The van der Waals surface area contributed by atoms with Gasteiger partial charge < -0.3 is 9.84 Å². The van der Waals surface area contributed by atoms with E-state index in [4.69, 9.17) is 4.52 Å². The minimum atomic E-state index is -0.0946. The summed E-state index contributed by atoms with van der Waals surface area (Å²) in [5, 5.41) is 7.06. The zero-order valence-electron chi connectivity index (χ0n) is 15.4. The SMILES string of the molecule is Cc1cccc(CNC(=O)c2ccc(-c3noc(C4CCCC4)n3)cc2)c1. The molecule has 3 aromatic rings. The Labute approximate surface area is 158 Å². The van der Waals surface area contributed by atoms with Crippen molar-refractivity contribution in [2.24, 2.45) is 0 Å². The molecule has 1 heterocycles. The summed E-state index contributed by atoms with van der Waals surface area (Å²) in [6.45, 7) is 2.55.